The SMILES string of the molecule is O=C(NCC1CCCO1)c1nc[nH]c1C(=O)N[C@H]1CC[C@H](C(=O)Nc2cnccc2Cl)CC1. The number of amides is 3. The molecule has 3 amide bonds. The molecule has 11 heteroatoms. The Balaban J connectivity index is 1.25. The maximum absolute atomic E-state index is 12.8. The molecule has 3 heterocycles. The van der Waals surface area contributed by atoms with Crippen molar-refractivity contribution in [2.45, 2.75) is 50.7 Å². The van der Waals surface area contributed by atoms with Crippen molar-refractivity contribution in [3.05, 3.63) is 41.2 Å². The number of pyridine rings is 1. The predicted molar refractivity (Wildman–Crippen MR) is 121 cm³/mol. The Bertz CT molecular complexity index is 998. The smallest absolute Gasteiger partial charge is 0.272 e. The highest BCUT2D eigenvalue weighted by Crippen LogP contribution is 2.27. The van der Waals surface area contributed by atoms with Crippen molar-refractivity contribution >= 4 is 35.0 Å². The summed E-state index contributed by atoms with van der Waals surface area (Å²) in [7, 11) is 0. The third-order valence-corrected chi connectivity index (χ3v) is 6.38. The van der Waals surface area contributed by atoms with Gasteiger partial charge in [0.1, 0.15) is 5.69 Å². The number of hydrogen-bond acceptors (Lipinski definition) is 6. The van der Waals surface area contributed by atoms with Crippen LogP contribution in [-0.2, 0) is 9.53 Å². The highest BCUT2D eigenvalue weighted by atomic mass is 35.5. The number of rotatable bonds is 7. The van der Waals surface area contributed by atoms with E-state index in [4.69, 9.17) is 16.3 Å². The van der Waals surface area contributed by atoms with E-state index in [2.05, 4.69) is 30.9 Å². The molecule has 2 aliphatic rings. The minimum Gasteiger partial charge on any atom is -0.376 e. The van der Waals surface area contributed by atoms with Crippen LogP contribution in [0.5, 0.6) is 0 Å². The van der Waals surface area contributed by atoms with Gasteiger partial charge in [-0.15, -0.1) is 0 Å². The molecule has 4 N–H and O–H groups in total. The number of aromatic amines is 1. The molecule has 176 valence electrons. The Kier molecular flexibility index (Phi) is 7.56. The second kappa shape index (κ2) is 10.8. The normalized spacial score (nSPS) is 22.5. The maximum atomic E-state index is 12.8. The fourth-order valence-electron chi connectivity index (χ4n) is 4.20. The quantitative estimate of drug-likeness (QED) is 0.485. The summed E-state index contributed by atoms with van der Waals surface area (Å²) in [6, 6.07) is 1.53. The first-order chi connectivity index (χ1) is 16.0. The van der Waals surface area contributed by atoms with E-state index in [1.54, 1.807) is 12.3 Å². The van der Waals surface area contributed by atoms with Crippen molar-refractivity contribution in [1.29, 1.82) is 0 Å². The van der Waals surface area contributed by atoms with E-state index in [-0.39, 0.29) is 41.3 Å². The number of imidazole rings is 1. The standard InChI is InChI=1S/C22H27ClN6O4/c23-16-7-8-24-11-17(16)29-20(30)13-3-5-14(6-4-13)28-22(32)19-18(26-12-27-19)21(31)25-10-15-2-1-9-33-15/h7-8,11-15H,1-6,9-10H2,(H,25,31)(H,26,27)(H,28,32)(H,29,30)/t13-,14-,15?. The largest absolute Gasteiger partial charge is 0.376 e. The molecule has 2 aromatic heterocycles. The van der Waals surface area contributed by atoms with Crippen LogP contribution in [0.25, 0.3) is 0 Å². The summed E-state index contributed by atoms with van der Waals surface area (Å²) in [6.07, 6.45) is 8.88. The second-order valence-electron chi connectivity index (χ2n) is 8.34. The van der Waals surface area contributed by atoms with Crippen LogP contribution in [0.4, 0.5) is 5.69 Å². The van der Waals surface area contributed by atoms with Gasteiger partial charge in [0.15, 0.2) is 5.69 Å². The van der Waals surface area contributed by atoms with E-state index in [0.29, 0.717) is 49.5 Å². The topological polar surface area (TPSA) is 138 Å². The Morgan fingerprint density at radius 1 is 1.15 bits per heavy atom. The van der Waals surface area contributed by atoms with Gasteiger partial charge in [-0.1, -0.05) is 11.6 Å². The zero-order valence-corrected chi connectivity index (χ0v) is 18.9. The average Bonchev–Trinajstić information content (AvgIpc) is 3.52. The Morgan fingerprint density at radius 2 is 1.97 bits per heavy atom. The third-order valence-electron chi connectivity index (χ3n) is 6.05. The van der Waals surface area contributed by atoms with Gasteiger partial charge in [0, 0.05) is 31.3 Å². The summed E-state index contributed by atoms with van der Waals surface area (Å²) >= 11 is 6.08. The lowest BCUT2D eigenvalue weighted by molar-refractivity contribution is -0.120. The van der Waals surface area contributed by atoms with Gasteiger partial charge in [-0.25, -0.2) is 4.98 Å². The average molecular weight is 475 g/mol. The fourth-order valence-corrected chi connectivity index (χ4v) is 4.35. The molecule has 0 aromatic carbocycles. The van der Waals surface area contributed by atoms with E-state index in [9.17, 15) is 14.4 Å². The Morgan fingerprint density at radius 3 is 2.70 bits per heavy atom. The number of aromatic nitrogens is 3. The van der Waals surface area contributed by atoms with E-state index >= 15 is 0 Å². The summed E-state index contributed by atoms with van der Waals surface area (Å²) in [5, 5.41) is 9.00. The molecule has 0 spiro atoms. The van der Waals surface area contributed by atoms with Crippen LogP contribution >= 0.6 is 11.6 Å². The van der Waals surface area contributed by atoms with E-state index < -0.39 is 5.91 Å². The number of anilines is 1. The first-order valence-corrected chi connectivity index (χ1v) is 11.5. The number of hydrogen-bond donors (Lipinski definition) is 4. The maximum Gasteiger partial charge on any atom is 0.272 e. The zero-order chi connectivity index (χ0) is 23.2. The molecule has 1 aliphatic carbocycles. The summed E-state index contributed by atoms with van der Waals surface area (Å²) in [6.45, 7) is 1.10. The molecule has 4 rings (SSSR count). The summed E-state index contributed by atoms with van der Waals surface area (Å²) in [5.74, 6) is -1.06. The van der Waals surface area contributed by atoms with Crippen molar-refractivity contribution in [2.75, 3.05) is 18.5 Å². The van der Waals surface area contributed by atoms with Crippen LogP contribution < -0.4 is 16.0 Å². The molecule has 10 nitrogen and oxygen atoms in total. The molecule has 2 aromatic rings. The van der Waals surface area contributed by atoms with Crippen LogP contribution in [0, 0.1) is 5.92 Å². The highest BCUT2D eigenvalue weighted by molar-refractivity contribution is 6.33. The number of nitrogens with one attached hydrogen (secondary N) is 4. The molecule has 1 saturated heterocycles. The van der Waals surface area contributed by atoms with Crippen LogP contribution in [-0.4, -0.2) is 58.0 Å². The number of H-pyrrole nitrogens is 1. The number of halogens is 1. The molecule has 1 saturated carbocycles. The molecule has 1 atom stereocenters. The molecule has 2 fully saturated rings. The molecule has 1 aliphatic heterocycles. The zero-order valence-electron chi connectivity index (χ0n) is 18.1. The van der Waals surface area contributed by atoms with Gasteiger partial charge in [-0.05, 0) is 44.6 Å². The van der Waals surface area contributed by atoms with E-state index in [1.807, 2.05) is 0 Å². The molecular formula is C22H27ClN6O4. The lowest BCUT2D eigenvalue weighted by Crippen LogP contribution is -2.40. The monoisotopic (exact) mass is 474 g/mol. The molecule has 0 radical (unpaired) electrons. The highest BCUT2D eigenvalue weighted by Gasteiger charge is 2.29. The Hall–Kier alpha value is -2.98. The van der Waals surface area contributed by atoms with E-state index in [0.717, 1.165) is 12.8 Å². The van der Waals surface area contributed by atoms with Gasteiger partial charge < -0.3 is 25.7 Å². The van der Waals surface area contributed by atoms with Crippen LogP contribution in [0.1, 0.15) is 59.5 Å². The number of ether oxygens (including phenoxy) is 1. The molecule has 1 unspecified atom stereocenters. The van der Waals surface area contributed by atoms with Gasteiger partial charge in [0.05, 0.1) is 29.3 Å². The Labute approximate surface area is 196 Å². The first-order valence-electron chi connectivity index (χ1n) is 11.2. The summed E-state index contributed by atoms with van der Waals surface area (Å²) in [4.78, 5) is 48.6. The summed E-state index contributed by atoms with van der Waals surface area (Å²) < 4.78 is 5.50. The number of carbonyl (C=O) groups is 3. The van der Waals surface area contributed by atoms with Crippen molar-refractivity contribution < 1.29 is 19.1 Å². The minimum atomic E-state index is -0.411. The lowest BCUT2D eigenvalue weighted by atomic mass is 9.85. The van der Waals surface area contributed by atoms with Crippen LogP contribution in [0.15, 0.2) is 24.8 Å². The van der Waals surface area contributed by atoms with Crippen LogP contribution in [0.3, 0.4) is 0 Å². The van der Waals surface area contributed by atoms with Gasteiger partial charge in [0.25, 0.3) is 11.8 Å². The molecule has 0 bridgehead atoms. The van der Waals surface area contributed by atoms with Crippen LogP contribution in [0.2, 0.25) is 5.02 Å². The third kappa shape index (κ3) is 5.88. The lowest BCUT2D eigenvalue weighted by Gasteiger charge is -2.28. The molecular weight excluding hydrogens is 448 g/mol. The fraction of sp³-hybridized carbons (Fsp3) is 0.500. The predicted octanol–water partition coefficient (Wildman–Crippen LogP) is 2.29. The van der Waals surface area contributed by atoms with Crippen molar-refractivity contribution in [2.24, 2.45) is 5.92 Å². The summed E-state index contributed by atoms with van der Waals surface area (Å²) in [5.41, 5.74) is 0.682. The number of nitrogens with zero attached hydrogens (tertiary/aromatic N) is 2. The molecule has 33 heavy (non-hydrogen) atoms. The minimum absolute atomic E-state index is 0.00623. The van der Waals surface area contributed by atoms with Gasteiger partial charge in [-0.2, -0.15) is 0 Å². The second-order valence-corrected chi connectivity index (χ2v) is 8.75. The first kappa shape index (κ1) is 23.2. The van der Waals surface area contributed by atoms with Gasteiger partial charge >= 0.3 is 0 Å². The van der Waals surface area contributed by atoms with E-state index in [1.165, 1.54) is 12.5 Å². The van der Waals surface area contributed by atoms with Gasteiger partial charge in [-0.3, -0.25) is 19.4 Å². The van der Waals surface area contributed by atoms with Crippen molar-refractivity contribution in [3.8, 4) is 0 Å². The van der Waals surface area contributed by atoms with Crippen molar-refractivity contribution in [3.63, 3.8) is 0 Å². The van der Waals surface area contributed by atoms with Gasteiger partial charge in [0.2, 0.25) is 5.91 Å². The number of carbonyl (C=O) groups excluding carboxylic acids is 3. The van der Waals surface area contributed by atoms with Crippen molar-refractivity contribution in [1.82, 2.24) is 25.6 Å².